The number of hydrogen-bond donors (Lipinski definition) is 4. The first-order valence-corrected chi connectivity index (χ1v) is 10.1. The normalized spacial score (nSPS) is 12.1. The fourth-order valence-corrected chi connectivity index (χ4v) is 3.87. The van der Waals surface area contributed by atoms with Gasteiger partial charge in [-0.1, -0.05) is 30.3 Å². The summed E-state index contributed by atoms with van der Waals surface area (Å²) in [5.74, 6) is 0.279. The molecule has 0 saturated carbocycles. The molecule has 6 nitrogen and oxygen atoms in total. The number of nitrogen functional groups attached to an aromatic ring is 1. The van der Waals surface area contributed by atoms with Crippen LogP contribution >= 0.6 is 0 Å². The van der Waals surface area contributed by atoms with Crippen molar-refractivity contribution in [1.82, 2.24) is 0 Å². The minimum atomic E-state index is -0.189. The number of fused-ring (bicyclic) bond motifs is 2. The van der Waals surface area contributed by atoms with E-state index in [2.05, 4.69) is 10.6 Å². The molecule has 0 saturated heterocycles. The number of amides is 1. The summed E-state index contributed by atoms with van der Waals surface area (Å²) in [6.45, 7) is 0. The number of rotatable bonds is 3. The van der Waals surface area contributed by atoms with Crippen LogP contribution in [0.3, 0.4) is 0 Å². The highest BCUT2D eigenvalue weighted by molar-refractivity contribution is 6.12. The Morgan fingerprint density at radius 3 is 2.22 bits per heavy atom. The Bertz CT molecular complexity index is 1360. The molecule has 1 amide bonds. The van der Waals surface area contributed by atoms with Crippen molar-refractivity contribution in [3.63, 3.8) is 0 Å². The van der Waals surface area contributed by atoms with Crippen LogP contribution in [0.25, 0.3) is 22.3 Å². The average Bonchev–Trinajstić information content (AvgIpc) is 2.94. The van der Waals surface area contributed by atoms with Gasteiger partial charge in [-0.2, -0.15) is 0 Å². The number of carbonyl (C=O) groups is 1. The van der Waals surface area contributed by atoms with E-state index in [1.807, 2.05) is 60.7 Å². The van der Waals surface area contributed by atoms with E-state index in [4.69, 9.17) is 10.5 Å². The maximum atomic E-state index is 12.9. The van der Waals surface area contributed by atoms with E-state index < -0.39 is 0 Å². The molecule has 0 bridgehead atoms. The molecule has 158 valence electrons. The highest BCUT2D eigenvalue weighted by Crippen LogP contribution is 2.38. The summed E-state index contributed by atoms with van der Waals surface area (Å²) in [6, 6.07) is 24.3. The van der Waals surface area contributed by atoms with Gasteiger partial charge in [0.05, 0.1) is 29.7 Å². The highest BCUT2D eigenvalue weighted by Gasteiger charge is 2.20. The number of hydrogen-bond acceptors (Lipinski definition) is 5. The fraction of sp³-hybridized carbons (Fsp3) is 0.0385. The summed E-state index contributed by atoms with van der Waals surface area (Å²) < 4.78 is 5.22. The van der Waals surface area contributed by atoms with Gasteiger partial charge < -0.3 is 26.2 Å². The van der Waals surface area contributed by atoms with E-state index in [9.17, 15) is 9.90 Å². The van der Waals surface area contributed by atoms with Gasteiger partial charge in [-0.15, -0.1) is 0 Å². The first-order valence-electron chi connectivity index (χ1n) is 10.1. The van der Waals surface area contributed by atoms with E-state index in [1.165, 1.54) is 7.11 Å². The molecule has 0 radical (unpaired) electrons. The van der Waals surface area contributed by atoms with E-state index in [0.29, 0.717) is 28.4 Å². The number of aromatic hydroxyl groups is 1. The molecule has 0 fully saturated rings. The van der Waals surface area contributed by atoms with Crippen molar-refractivity contribution in [2.45, 2.75) is 0 Å². The number of phenolic OH excluding ortho intramolecular Hbond substituents is 1. The van der Waals surface area contributed by atoms with Crippen LogP contribution in [0.2, 0.25) is 0 Å². The summed E-state index contributed by atoms with van der Waals surface area (Å²) >= 11 is 0. The third-order valence-electron chi connectivity index (χ3n) is 5.53. The quantitative estimate of drug-likeness (QED) is 0.321. The van der Waals surface area contributed by atoms with Gasteiger partial charge in [-0.25, -0.2) is 0 Å². The Labute approximate surface area is 185 Å². The number of carbonyl (C=O) groups excluding carboxylic acids is 1. The number of nitrogens with one attached hydrogen (secondary N) is 2. The Morgan fingerprint density at radius 1 is 0.750 bits per heavy atom. The zero-order valence-electron chi connectivity index (χ0n) is 17.3. The summed E-state index contributed by atoms with van der Waals surface area (Å²) in [7, 11) is 1.51. The van der Waals surface area contributed by atoms with Crippen LogP contribution in [-0.4, -0.2) is 18.1 Å². The van der Waals surface area contributed by atoms with Crippen molar-refractivity contribution in [3.05, 3.63) is 84.4 Å². The van der Waals surface area contributed by atoms with Crippen LogP contribution in [0.1, 0.15) is 10.4 Å². The van der Waals surface area contributed by atoms with Crippen LogP contribution in [0, 0.1) is 0 Å². The second-order valence-electron chi connectivity index (χ2n) is 7.61. The van der Waals surface area contributed by atoms with E-state index in [1.54, 1.807) is 18.2 Å². The van der Waals surface area contributed by atoms with Crippen molar-refractivity contribution < 1.29 is 14.6 Å². The van der Waals surface area contributed by atoms with Crippen molar-refractivity contribution in [3.8, 4) is 33.8 Å². The van der Waals surface area contributed by atoms with Gasteiger partial charge >= 0.3 is 0 Å². The molecule has 6 heteroatoms. The largest absolute Gasteiger partial charge is 0.504 e. The van der Waals surface area contributed by atoms with E-state index in [0.717, 1.165) is 27.9 Å². The molecule has 0 aliphatic carbocycles. The monoisotopic (exact) mass is 423 g/mol. The van der Waals surface area contributed by atoms with Crippen LogP contribution in [-0.2, 0) is 0 Å². The minimum Gasteiger partial charge on any atom is -0.504 e. The molecule has 4 aromatic carbocycles. The Balaban J connectivity index is 1.54. The van der Waals surface area contributed by atoms with Crippen molar-refractivity contribution in [2.24, 2.45) is 0 Å². The molecule has 0 aromatic heterocycles. The lowest BCUT2D eigenvalue weighted by Gasteiger charge is -2.12. The van der Waals surface area contributed by atoms with Crippen LogP contribution in [0.4, 0.5) is 22.7 Å². The van der Waals surface area contributed by atoms with Gasteiger partial charge in [0, 0.05) is 5.69 Å². The fourth-order valence-electron chi connectivity index (χ4n) is 3.87. The van der Waals surface area contributed by atoms with Crippen molar-refractivity contribution in [1.29, 1.82) is 0 Å². The maximum absolute atomic E-state index is 12.9. The highest BCUT2D eigenvalue weighted by atomic mass is 16.5. The molecule has 1 aliphatic rings. The topological polar surface area (TPSA) is 96.6 Å². The number of benzene rings is 4. The molecule has 1 heterocycles. The van der Waals surface area contributed by atoms with Gasteiger partial charge in [0.15, 0.2) is 11.5 Å². The van der Waals surface area contributed by atoms with E-state index in [-0.39, 0.29) is 11.7 Å². The number of ether oxygens (including phenoxy) is 1. The summed E-state index contributed by atoms with van der Waals surface area (Å²) in [6.07, 6.45) is 0. The average molecular weight is 423 g/mol. The van der Waals surface area contributed by atoms with Gasteiger partial charge in [-0.05, 0) is 70.8 Å². The first-order chi connectivity index (χ1) is 15.5. The van der Waals surface area contributed by atoms with Crippen LogP contribution in [0.15, 0.2) is 78.9 Å². The number of nitrogens with two attached hydrogens (primary N) is 1. The summed E-state index contributed by atoms with van der Waals surface area (Å²) in [5.41, 5.74) is 13.0. The summed E-state index contributed by atoms with van der Waals surface area (Å²) in [4.78, 5) is 12.9. The molecule has 1 aliphatic heterocycles. The molecule has 0 unspecified atom stereocenters. The molecule has 5 rings (SSSR count). The van der Waals surface area contributed by atoms with Crippen LogP contribution in [0.5, 0.6) is 11.5 Å². The van der Waals surface area contributed by atoms with Gasteiger partial charge in [-0.3, -0.25) is 4.79 Å². The molecule has 4 aromatic rings. The smallest absolute Gasteiger partial charge is 0.257 e. The Morgan fingerprint density at radius 2 is 1.44 bits per heavy atom. The second kappa shape index (κ2) is 7.67. The van der Waals surface area contributed by atoms with Crippen molar-refractivity contribution >= 4 is 28.7 Å². The molecule has 32 heavy (non-hydrogen) atoms. The molecular formula is C26H21N3O3. The SMILES string of the molecule is COc1cc(-c2ccc3c(c2)Nc2ccc(-c4cccc(N)c4)cc2NC3=O)ccc1O. The Hall–Kier alpha value is -4.45. The lowest BCUT2D eigenvalue weighted by molar-refractivity contribution is 0.102. The van der Waals surface area contributed by atoms with Gasteiger partial charge in [0.2, 0.25) is 0 Å². The number of anilines is 4. The van der Waals surface area contributed by atoms with Crippen molar-refractivity contribution in [2.75, 3.05) is 23.5 Å². The van der Waals surface area contributed by atoms with Gasteiger partial charge in [0.1, 0.15) is 0 Å². The third kappa shape index (κ3) is 3.48. The molecular weight excluding hydrogens is 402 g/mol. The van der Waals surface area contributed by atoms with E-state index >= 15 is 0 Å². The molecule has 0 atom stereocenters. The minimum absolute atomic E-state index is 0.0772. The standard InChI is InChI=1S/C26H21N3O3/c1-32-25-14-18(7-10-24(25)30)16-5-8-20-22(12-16)28-21-9-6-17(13-23(21)29-26(20)31)15-3-2-4-19(27)11-15/h2-14,28,30H,27H2,1H3,(H,29,31). The number of phenols is 1. The lowest BCUT2D eigenvalue weighted by atomic mass is 10.0. The molecule has 0 spiro atoms. The second-order valence-corrected chi connectivity index (χ2v) is 7.61. The predicted molar refractivity (Wildman–Crippen MR) is 128 cm³/mol. The maximum Gasteiger partial charge on any atom is 0.257 e. The lowest BCUT2D eigenvalue weighted by Crippen LogP contribution is -2.10. The molecule has 5 N–H and O–H groups in total. The number of methoxy groups -OCH3 is 1. The predicted octanol–water partition coefficient (Wildman–Crippen LogP) is 5.63. The first kappa shape index (κ1) is 19.5. The Kier molecular flexibility index (Phi) is 4.67. The summed E-state index contributed by atoms with van der Waals surface area (Å²) in [5, 5.41) is 16.3. The van der Waals surface area contributed by atoms with Gasteiger partial charge in [0.25, 0.3) is 5.91 Å². The van der Waals surface area contributed by atoms with Crippen LogP contribution < -0.4 is 21.1 Å². The zero-order valence-corrected chi connectivity index (χ0v) is 17.3. The third-order valence-corrected chi connectivity index (χ3v) is 5.53. The zero-order chi connectivity index (χ0) is 22.2.